The molecule has 0 aliphatic carbocycles. The molecule has 0 unspecified atom stereocenters. The molecule has 0 N–H and O–H groups in total. The zero-order chi connectivity index (χ0) is 21.7. The molecule has 9 heteroatoms. The van der Waals surface area contributed by atoms with Crippen LogP contribution in [0.25, 0.3) is 0 Å². The van der Waals surface area contributed by atoms with Gasteiger partial charge in [-0.05, 0) is 39.0 Å². The van der Waals surface area contributed by atoms with E-state index >= 15 is 0 Å². The zero-order valence-electron chi connectivity index (χ0n) is 17.6. The molecule has 1 fully saturated rings. The summed E-state index contributed by atoms with van der Waals surface area (Å²) in [6, 6.07) is 5.44. The second-order valence-electron chi connectivity index (χ2n) is 7.09. The van der Waals surface area contributed by atoms with Crippen LogP contribution in [-0.2, 0) is 20.8 Å². The fraction of sp³-hybridized carbons (Fsp3) is 0.476. The van der Waals surface area contributed by atoms with Gasteiger partial charge in [0, 0.05) is 37.6 Å². The summed E-state index contributed by atoms with van der Waals surface area (Å²) in [7, 11) is 0. The Bertz CT molecular complexity index is 894. The second kappa shape index (κ2) is 9.51. The van der Waals surface area contributed by atoms with Crippen molar-refractivity contribution in [2.45, 2.75) is 27.3 Å². The number of aromatic nitrogens is 1. The van der Waals surface area contributed by atoms with Crippen LogP contribution in [0.5, 0.6) is 0 Å². The first-order valence-corrected chi connectivity index (χ1v) is 9.96. The fourth-order valence-corrected chi connectivity index (χ4v) is 3.46. The van der Waals surface area contributed by atoms with Gasteiger partial charge >= 0.3 is 12.1 Å². The molecule has 9 nitrogen and oxygen atoms in total. The van der Waals surface area contributed by atoms with Crippen molar-refractivity contribution >= 4 is 18.0 Å². The first-order chi connectivity index (χ1) is 14.4. The molecule has 1 aliphatic heterocycles. The number of nitrogens with zero attached hydrogens (tertiary/aromatic N) is 3. The Morgan fingerprint density at radius 2 is 1.77 bits per heavy atom. The Hall–Kier alpha value is -3.23. The highest BCUT2D eigenvalue weighted by Crippen LogP contribution is 2.18. The quantitative estimate of drug-likeness (QED) is 0.669. The predicted octanol–water partition coefficient (Wildman–Crippen LogP) is 2.20. The van der Waals surface area contributed by atoms with Gasteiger partial charge in [0.1, 0.15) is 5.76 Å². The molecule has 1 saturated heterocycles. The Morgan fingerprint density at radius 1 is 1.07 bits per heavy atom. The topological polar surface area (TPSA) is 94.2 Å². The molecule has 30 heavy (non-hydrogen) atoms. The largest absolute Gasteiger partial charge is 0.467 e. The van der Waals surface area contributed by atoms with Gasteiger partial charge in [-0.2, -0.15) is 0 Å². The lowest BCUT2D eigenvalue weighted by Crippen LogP contribution is -2.51. The standard InChI is InChI=1S/C21H27N3O6/c1-4-28-21(27)23-9-7-22(8-10-23)19(25)14-30-20(26)18-12-15(2)24(16(18)3)13-17-6-5-11-29-17/h5-6,11-12H,4,7-10,13-14H2,1-3H3. The smallest absolute Gasteiger partial charge is 0.409 e. The number of hydrogen-bond donors (Lipinski definition) is 0. The summed E-state index contributed by atoms with van der Waals surface area (Å²) in [4.78, 5) is 39.8. The molecule has 2 amide bonds. The summed E-state index contributed by atoms with van der Waals surface area (Å²) in [6.45, 7) is 7.54. The maximum Gasteiger partial charge on any atom is 0.409 e. The van der Waals surface area contributed by atoms with Gasteiger partial charge in [-0.15, -0.1) is 0 Å². The van der Waals surface area contributed by atoms with Crippen LogP contribution >= 0.6 is 0 Å². The van der Waals surface area contributed by atoms with Crippen LogP contribution in [0, 0.1) is 13.8 Å². The van der Waals surface area contributed by atoms with Crippen LogP contribution < -0.4 is 0 Å². The molecular weight excluding hydrogens is 390 g/mol. The third-order valence-corrected chi connectivity index (χ3v) is 5.17. The van der Waals surface area contributed by atoms with Crippen LogP contribution in [-0.4, -0.2) is 71.7 Å². The lowest BCUT2D eigenvalue weighted by molar-refractivity contribution is -0.136. The summed E-state index contributed by atoms with van der Waals surface area (Å²) in [5.74, 6) is -0.0302. The molecule has 3 heterocycles. The molecular formula is C21H27N3O6. The third kappa shape index (κ3) is 4.84. The number of amides is 2. The molecule has 2 aromatic rings. The molecule has 1 aliphatic rings. The zero-order valence-corrected chi connectivity index (χ0v) is 17.6. The van der Waals surface area contributed by atoms with E-state index in [0.717, 1.165) is 17.1 Å². The number of rotatable bonds is 6. The first kappa shape index (κ1) is 21.5. The van der Waals surface area contributed by atoms with Crippen LogP contribution in [0.2, 0.25) is 0 Å². The maximum atomic E-state index is 12.5. The number of piperazine rings is 1. The van der Waals surface area contributed by atoms with E-state index in [4.69, 9.17) is 13.9 Å². The molecule has 0 aromatic carbocycles. The van der Waals surface area contributed by atoms with Gasteiger partial charge in [0.05, 0.1) is 25.0 Å². The molecule has 0 saturated carbocycles. The molecule has 0 spiro atoms. The maximum absolute atomic E-state index is 12.5. The van der Waals surface area contributed by atoms with E-state index in [1.165, 1.54) is 0 Å². The number of esters is 1. The van der Waals surface area contributed by atoms with Crippen LogP contribution in [0.1, 0.15) is 34.4 Å². The molecule has 0 bridgehead atoms. The number of ether oxygens (including phenoxy) is 2. The normalized spacial score (nSPS) is 14.0. The third-order valence-electron chi connectivity index (χ3n) is 5.17. The molecule has 0 radical (unpaired) electrons. The van der Waals surface area contributed by atoms with Crippen molar-refractivity contribution in [3.05, 3.63) is 47.2 Å². The fourth-order valence-electron chi connectivity index (χ4n) is 3.46. The summed E-state index contributed by atoms with van der Waals surface area (Å²) in [6.07, 6.45) is 1.23. The lowest BCUT2D eigenvalue weighted by atomic mass is 10.2. The summed E-state index contributed by atoms with van der Waals surface area (Å²) >= 11 is 0. The highest BCUT2D eigenvalue weighted by atomic mass is 16.6. The van der Waals surface area contributed by atoms with Gasteiger partial charge in [-0.25, -0.2) is 9.59 Å². The van der Waals surface area contributed by atoms with Crippen molar-refractivity contribution in [2.24, 2.45) is 0 Å². The van der Waals surface area contributed by atoms with Gasteiger partial charge in [0.2, 0.25) is 0 Å². The van der Waals surface area contributed by atoms with Gasteiger partial charge in [-0.3, -0.25) is 4.79 Å². The predicted molar refractivity (Wildman–Crippen MR) is 107 cm³/mol. The summed E-state index contributed by atoms with van der Waals surface area (Å²) in [5.41, 5.74) is 2.08. The average molecular weight is 417 g/mol. The lowest BCUT2D eigenvalue weighted by Gasteiger charge is -2.33. The molecule has 3 rings (SSSR count). The van der Waals surface area contributed by atoms with Crippen LogP contribution in [0.15, 0.2) is 28.9 Å². The highest BCUT2D eigenvalue weighted by molar-refractivity contribution is 5.92. The van der Waals surface area contributed by atoms with E-state index in [2.05, 4.69) is 0 Å². The summed E-state index contributed by atoms with van der Waals surface area (Å²) < 4.78 is 17.6. The summed E-state index contributed by atoms with van der Waals surface area (Å²) in [5, 5.41) is 0. The number of aryl methyl sites for hydroxylation is 1. The first-order valence-electron chi connectivity index (χ1n) is 9.96. The number of furan rings is 1. The van der Waals surface area contributed by atoms with Crippen molar-refractivity contribution in [1.82, 2.24) is 14.4 Å². The van der Waals surface area contributed by atoms with Gasteiger partial charge in [0.25, 0.3) is 5.91 Å². The van der Waals surface area contributed by atoms with E-state index in [-0.39, 0.29) is 18.6 Å². The molecule has 162 valence electrons. The Kier molecular flexibility index (Phi) is 6.81. The van der Waals surface area contributed by atoms with Crippen molar-refractivity contribution in [3.8, 4) is 0 Å². The van der Waals surface area contributed by atoms with E-state index in [9.17, 15) is 14.4 Å². The minimum absolute atomic E-state index is 0.281. The highest BCUT2D eigenvalue weighted by Gasteiger charge is 2.26. The average Bonchev–Trinajstić information content (AvgIpc) is 3.36. The van der Waals surface area contributed by atoms with E-state index in [1.807, 2.05) is 30.5 Å². The Balaban J connectivity index is 1.52. The second-order valence-corrected chi connectivity index (χ2v) is 7.09. The van der Waals surface area contributed by atoms with Crippen molar-refractivity contribution in [1.29, 1.82) is 0 Å². The Labute approximate surface area is 175 Å². The van der Waals surface area contributed by atoms with E-state index < -0.39 is 5.97 Å². The Morgan fingerprint density at radius 3 is 2.40 bits per heavy atom. The number of carbonyl (C=O) groups is 3. The van der Waals surface area contributed by atoms with Crippen molar-refractivity contribution in [3.63, 3.8) is 0 Å². The van der Waals surface area contributed by atoms with Crippen LogP contribution in [0.3, 0.4) is 0 Å². The SMILES string of the molecule is CCOC(=O)N1CCN(C(=O)COC(=O)c2cc(C)n(Cc3ccco3)c2C)CC1. The monoisotopic (exact) mass is 417 g/mol. The minimum atomic E-state index is -0.535. The van der Waals surface area contributed by atoms with Gasteiger partial charge in [-0.1, -0.05) is 0 Å². The van der Waals surface area contributed by atoms with E-state index in [0.29, 0.717) is 44.9 Å². The van der Waals surface area contributed by atoms with Gasteiger partial charge in [0.15, 0.2) is 6.61 Å². The minimum Gasteiger partial charge on any atom is -0.467 e. The molecule has 2 aromatic heterocycles. The van der Waals surface area contributed by atoms with E-state index in [1.54, 1.807) is 29.1 Å². The van der Waals surface area contributed by atoms with Crippen molar-refractivity contribution in [2.75, 3.05) is 39.4 Å². The number of hydrogen-bond acceptors (Lipinski definition) is 6. The van der Waals surface area contributed by atoms with Gasteiger partial charge < -0.3 is 28.3 Å². The van der Waals surface area contributed by atoms with Crippen molar-refractivity contribution < 1.29 is 28.3 Å². The number of carbonyl (C=O) groups excluding carboxylic acids is 3. The molecule has 0 atom stereocenters. The van der Waals surface area contributed by atoms with Crippen LogP contribution in [0.4, 0.5) is 4.79 Å².